The number of fused-ring (bicyclic) bond motifs is 11. The van der Waals surface area contributed by atoms with Crippen molar-refractivity contribution in [3.63, 3.8) is 0 Å². The molecule has 2 aliphatic rings. The molecule has 0 radical (unpaired) electrons. The summed E-state index contributed by atoms with van der Waals surface area (Å²) in [6.07, 6.45) is 0. The summed E-state index contributed by atoms with van der Waals surface area (Å²) in [6.45, 7) is 0. The Balaban J connectivity index is 1.25. The fourth-order valence-electron chi connectivity index (χ4n) is 9.83. The molecule has 0 unspecified atom stereocenters. The van der Waals surface area contributed by atoms with E-state index in [0.717, 1.165) is 50.9 Å². The van der Waals surface area contributed by atoms with Gasteiger partial charge in [0.15, 0.2) is 0 Å². The zero-order chi connectivity index (χ0) is 38.2. The Morgan fingerprint density at radius 1 is 0.345 bits per heavy atom. The number of rotatable bonds is 4. The lowest BCUT2D eigenvalue weighted by atomic mass is 9.60. The highest BCUT2D eigenvalue weighted by molar-refractivity contribution is 6.17. The van der Waals surface area contributed by atoms with Crippen LogP contribution in [-0.4, -0.2) is 4.57 Å². The average Bonchev–Trinajstić information content (AvgIpc) is 3.64. The predicted octanol–water partition coefficient (Wildman–Crippen LogP) is 14.4. The van der Waals surface area contributed by atoms with Gasteiger partial charge in [-0.3, -0.25) is 0 Å². The van der Waals surface area contributed by atoms with Crippen LogP contribution < -0.4 is 9.64 Å². The number of nitrogens with zero attached hydrogens (tertiary/aromatic N) is 2. The van der Waals surface area contributed by atoms with Gasteiger partial charge in [0.05, 0.1) is 33.5 Å². The molecule has 0 amide bonds. The van der Waals surface area contributed by atoms with E-state index in [1.54, 1.807) is 0 Å². The normalized spacial score (nSPS) is 13.4. The molecule has 3 heteroatoms. The van der Waals surface area contributed by atoms with Crippen molar-refractivity contribution in [3.8, 4) is 39.4 Å². The molecule has 1 aromatic heterocycles. The summed E-state index contributed by atoms with van der Waals surface area (Å²) in [5.41, 5.74) is 15.5. The van der Waals surface area contributed by atoms with E-state index in [4.69, 9.17) is 4.74 Å². The summed E-state index contributed by atoms with van der Waals surface area (Å²) >= 11 is 0. The van der Waals surface area contributed by atoms with Crippen LogP contribution in [-0.2, 0) is 5.41 Å². The molecule has 58 heavy (non-hydrogen) atoms. The smallest absolute Gasteiger partial charge is 0.132 e. The van der Waals surface area contributed by atoms with E-state index in [9.17, 15) is 0 Å². The summed E-state index contributed by atoms with van der Waals surface area (Å²) in [6, 6.07) is 79.3. The fourth-order valence-corrected chi connectivity index (χ4v) is 9.83. The number of para-hydroxylation sites is 4. The molecular formula is C55H36N2O. The predicted molar refractivity (Wildman–Crippen MR) is 238 cm³/mol. The zero-order valence-corrected chi connectivity index (χ0v) is 31.6. The van der Waals surface area contributed by atoms with Crippen molar-refractivity contribution in [3.05, 3.63) is 241 Å². The molecule has 1 spiro atoms. The maximum atomic E-state index is 6.81. The highest BCUT2D eigenvalue weighted by Gasteiger charge is 2.51. The van der Waals surface area contributed by atoms with Gasteiger partial charge in [0.1, 0.15) is 11.5 Å². The summed E-state index contributed by atoms with van der Waals surface area (Å²) in [5.74, 6) is 1.74. The van der Waals surface area contributed by atoms with E-state index in [0.29, 0.717) is 0 Å². The highest BCUT2D eigenvalue weighted by Crippen LogP contribution is 2.64. The lowest BCUT2D eigenvalue weighted by molar-refractivity contribution is 0.434. The number of ether oxygens (including phenoxy) is 1. The Morgan fingerprint density at radius 2 is 0.845 bits per heavy atom. The molecule has 2 aliphatic heterocycles. The van der Waals surface area contributed by atoms with Crippen LogP contribution >= 0.6 is 0 Å². The second-order valence-electron chi connectivity index (χ2n) is 15.2. The van der Waals surface area contributed by atoms with E-state index < -0.39 is 5.41 Å². The zero-order valence-electron chi connectivity index (χ0n) is 31.6. The first-order chi connectivity index (χ1) is 28.8. The molecule has 3 heterocycles. The van der Waals surface area contributed by atoms with E-state index in [2.05, 4.69) is 228 Å². The molecule has 9 aromatic carbocycles. The third-order valence-electron chi connectivity index (χ3n) is 12.2. The minimum absolute atomic E-state index is 0.714. The molecule has 272 valence electrons. The number of hydrogen-bond donors (Lipinski definition) is 0. The van der Waals surface area contributed by atoms with Crippen molar-refractivity contribution in [2.45, 2.75) is 5.41 Å². The van der Waals surface area contributed by atoms with E-state index >= 15 is 0 Å². The Labute approximate surface area is 337 Å². The van der Waals surface area contributed by atoms with Crippen LogP contribution in [0.4, 0.5) is 17.1 Å². The van der Waals surface area contributed by atoms with Gasteiger partial charge in [0.25, 0.3) is 0 Å². The first kappa shape index (κ1) is 32.6. The van der Waals surface area contributed by atoms with Crippen LogP contribution in [0.1, 0.15) is 22.3 Å². The highest BCUT2D eigenvalue weighted by atomic mass is 16.5. The molecule has 12 rings (SSSR count). The van der Waals surface area contributed by atoms with Crippen LogP contribution in [0.2, 0.25) is 0 Å². The lowest BCUT2D eigenvalue weighted by Crippen LogP contribution is -2.39. The first-order valence-corrected chi connectivity index (χ1v) is 19.9. The van der Waals surface area contributed by atoms with E-state index in [1.165, 1.54) is 49.7 Å². The van der Waals surface area contributed by atoms with Crippen molar-refractivity contribution in [1.82, 2.24) is 4.57 Å². The first-order valence-electron chi connectivity index (χ1n) is 19.9. The van der Waals surface area contributed by atoms with Gasteiger partial charge in [-0.15, -0.1) is 0 Å². The average molecular weight is 741 g/mol. The van der Waals surface area contributed by atoms with E-state index in [1.807, 2.05) is 0 Å². The van der Waals surface area contributed by atoms with Crippen LogP contribution in [0.25, 0.3) is 49.7 Å². The van der Waals surface area contributed by atoms with Crippen molar-refractivity contribution in [2.75, 3.05) is 4.90 Å². The van der Waals surface area contributed by atoms with Gasteiger partial charge in [-0.25, -0.2) is 0 Å². The molecule has 0 fully saturated rings. The molecule has 3 nitrogen and oxygen atoms in total. The lowest BCUT2D eigenvalue weighted by Gasteiger charge is -2.49. The van der Waals surface area contributed by atoms with Crippen LogP contribution in [0.15, 0.2) is 218 Å². The topological polar surface area (TPSA) is 17.4 Å². The minimum Gasteiger partial charge on any atom is -0.457 e. The van der Waals surface area contributed by atoms with Crippen LogP contribution in [0.3, 0.4) is 0 Å². The molecule has 0 aliphatic carbocycles. The van der Waals surface area contributed by atoms with Crippen LogP contribution in [0.5, 0.6) is 11.5 Å². The number of anilines is 3. The third-order valence-corrected chi connectivity index (χ3v) is 12.2. The minimum atomic E-state index is -0.714. The number of hydrogen-bond acceptors (Lipinski definition) is 2. The van der Waals surface area contributed by atoms with Crippen molar-refractivity contribution in [1.29, 1.82) is 0 Å². The standard InChI is InChI=1S/C55H36N2O/c1-4-17-37(18-5-1)39-31-33-48-45(35-39)55(43-24-11-14-29-52(43)58-53-30-15-12-25-44(53)55)46-36-40(38-19-6-2-7-20-38)32-34-49(46)57(48)51-28-16-27-50-54(51)42-23-10-13-26-47(42)56(50)41-21-8-3-9-22-41/h1-36H. The molecule has 10 aromatic rings. The Kier molecular flexibility index (Phi) is 7.14. The fraction of sp³-hybridized carbons (Fsp3) is 0.0182. The Morgan fingerprint density at radius 3 is 1.45 bits per heavy atom. The molecular weight excluding hydrogens is 705 g/mol. The van der Waals surface area contributed by atoms with Gasteiger partial charge < -0.3 is 14.2 Å². The number of aromatic nitrogens is 1. The molecule has 0 bridgehead atoms. The summed E-state index contributed by atoms with van der Waals surface area (Å²) in [7, 11) is 0. The molecule has 0 saturated heterocycles. The van der Waals surface area contributed by atoms with Gasteiger partial charge in [-0.1, -0.05) is 152 Å². The van der Waals surface area contributed by atoms with Gasteiger partial charge in [0.2, 0.25) is 0 Å². The van der Waals surface area contributed by atoms with Gasteiger partial charge in [-0.05, 0) is 100 Å². The van der Waals surface area contributed by atoms with Gasteiger partial charge in [0, 0.05) is 27.6 Å². The SMILES string of the molecule is c1ccc(-c2ccc3c(c2)C2(c4ccccc4Oc4ccccc42)c2cc(-c4ccccc4)ccc2N3c2cccc3c2c2ccccc2n3-c2ccccc2)cc1. The largest absolute Gasteiger partial charge is 0.457 e. The third kappa shape index (κ3) is 4.62. The quantitative estimate of drug-likeness (QED) is 0.179. The van der Waals surface area contributed by atoms with Crippen molar-refractivity contribution < 1.29 is 4.74 Å². The monoisotopic (exact) mass is 740 g/mol. The maximum Gasteiger partial charge on any atom is 0.132 e. The van der Waals surface area contributed by atoms with E-state index in [-0.39, 0.29) is 0 Å². The van der Waals surface area contributed by atoms with Crippen LogP contribution in [0, 0.1) is 0 Å². The second-order valence-corrected chi connectivity index (χ2v) is 15.2. The van der Waals surface area contributed by atoms with Crippen molar-refractivity contribution >= 4 is 38.9 Å². The summed E-state index contributed by atoms with van der Waals surface area (Å²) in [5, 5.41) is 2.42. The molecule has 0 saturated carbocycles. The number of benzene rings is 9. The Hall–Kier alpha value is -7.62. The summed E-state index contributed by atoms with van der Waals surface area (Å²) in [4.78, 5) is 2.53. The van der Waals surface area contributed by atoms with Gasteiger partial charge >= 0.3 is 0 Å². The Bertz CT molecular complexity index is 3060. The van der Waals surface area contributed by atoms with Gasteiger partial charge in [-0.2, -0.15) is 0 Å². The summed E-state index contributed by atoms with van der Waals surface area (Å²) < 4.78 is 9.22. The second kappa shape index (κ2) is 12.7. The maximum absolute atomic E-state index is 6.81. The van der Waals surface area contributed by atoms with Crippen molar-refractivity contribution in [2.24, 2.45) is 0 Å². The molecule has 0 atom stereocenters. The molecule has 0 N–H and O–H groups in total.